The van der Waals surface area contributed by atoms with Crippen molar-refractivity contribution in [3.63, 3.8) is 0 Å². The summed E-state index contributed by atoms with van der Waals surface area (Å²) in [7, 11) is 0. The first-order valence-corrected chi connectivity index (χ1v) is 9.93. The number of nitrogens with one attached hydrogen (secondary N) is 1. The average molecular weight is 419 g/mol. The van der Waals surface area contributed by atoms with Crippen molar-refractivity contribution in [3.05, 3.63) is 77.6 Å². The zero-order valence-corrected chi connectivity index (χ0v) is 17.3. The van der Waals surface area contributed by atoms with Gasteiger partial charge in [0.25, 0.3) is 0 Å². The van der Waals surface area contributed by atoms with Gasteiger partial charge in [0.15, 0.2) is 5.76 Å². The maximum atomic E-state index is 13.3. The largest absolute Gasteiger partial charge is 0.356 e. The molecule has 0 aliphatic rings. The number of aryl methyl sites for hydroxylation is 2. The third-order valence-corrected chi connectivity index (χ3v) is 4.82. The maximum Gasteiger partial charge on any atom is 0.224 e. The zero-order chi connectivity index (χ0) is 21.8. The lowest BCUT2D eigenvalue weighted by molar-refractivity contribution is -0.120. The van der Waals surface area contributed by atoms with E-state index in [1.165, 1.54) is 12.1 Å². The Balaban J connectivity index is 1.50. The van der Waals surface area contributed by atoms with Crippen LogP contribution in [-0.4, -0.2) is 32.4 Å². The van der Waals surface area contributed by atoms with Gasteiger partial charge in [0.1, 0.15) is 5.82 Å². The van der Waals surface area contributed by atoms with Crippen LogP contribution in [0.15, 0.2) is 59.4 Å². The van der Waals surface area contributed by atoms with E-state index in [2.05, 4.69) is 20.6 Å². The van der Waals surface area contributed by atoms with Crippen molar-refractivity contribution in [1.29, 1.82) is 0 Å². The highest BCUT2D eigenvalue weighted by atomic mass is 19.1. The molecule has 0 spiro atoms. The van der Waals surface area contributed by atoms with Gasteiger partial charge in [0, 0.05) is 30.1 Å². The maximum absolute atomic E-state index is 13.3. The second-order valence-electron chi connectivity index (χ2n) is 7.31. The molecule has 4 rings (SSSR count). The van der Waals surface area contributed by atoms with E-state index in [1.807, 2.05) is 36.7 Å². The Bertz CT molecular complexity index is 1200. The number of pyridine rings is 1. The smallest absolute Gasteiger partial charge is 0.224 e. The highest BCUT2D eigenvalue weighted by Crippen LogP contribution is 2.32. The van der Waals surface area contributed by atoms with Gasteiger partial charge in [-0.15, -0.1) is 0 Å². The number of rotatable bonds is 7. The lowest BCUT2D eigenvalue weighted by Gasteiger charge is -2.10. The summed E-state index contributed by atoms with van der Waals surface area (Å²) < 4.78 is 20.6. The van der Waals surface area contributed by atoms with E-state index in [4.69, 9.17) is 4.52 Å². The summed E-state index contributed by atoms with van der Waals surface area (Å²) in [5.74, 6) is 0.0882. The number of benzene rings is 1. The normalized spacial score (nSPS) is 10.9. The van der Waals surface area contributed by atoms with Gasteiger partial charge in [0.05, 0.1) is 36.1 Å². The first kappa shape index (κ1) is 20.5. The molecule has 3 heterocycles. The number of carbonyl (C=O) groups is 1. The lowest BCUT2D eigenvalue weighted by Crippen LogP contribution is -2.29. The van der Waals surface area contributed by atoms with E-state index in [1.54, 1.807) is 24.5 Å². The van der Waals surface area contributed by atoms with Crippen molar-refractivity contribution in [2.75, 3.05) is 6.54 Å². The number of amides is 1. The molecule has 1 aromatic carbocycles. The highest BCUT2D eigenvalue weighted by Gasteiger charge is 2.18. The molecule has 3 aromatic heterocycles. The molecule has 0 bridgehead atoms. The Labute approximate surface area is 178 Å². The first-order chi connectivity index (χ1) is 15.0. The molecule has 158 valence electrons. The zero-order valence-electron chi connectivity index (χ0n) is 17.3. The van der Waals surface area contributed by atoms with Crippen LogP contribution < -0.4 is 5.32 Å². The van der Waals surface area contributed by atoms with Crippen LogP contribution in [0.5, 0.6) is 0 Å². The summed E-state index contributed by atoms with van der Waals surface area (Å²) in [5.41, 5.74) is 4.85. The quantitative estimate of drug-likeness (QED) is 0.494. The van der Waals surface area contributed by atoms with Gasteiger partial charge in [-0.05, 0) is 43.7 Å². The third kappa shape index (κ3) is 4.85. The van der Waals surface area contributed by atoms with Crippen LogP contribution in [0.3, 0.4) is 0 Å². The van der Waals surface area contributed by atoms with Crippen LogP contribution in [-0.2, 0) is 17.8 Å². The fourth-order valence-corrected chi connectivity index (χ4v) is 3.33. The Morgan fingerprint density at radius 3 is 2.71 bits per heavy atom. The predicted octanol–water partition coefficient (Wildman–Crippen LogP) is 3.71. The molecular weight excluding hydrogens is 397 g/mol. The second kappa shape index (κ2) is 8.91. The van der Waals surface area contributed by atoms with Gasteiger partial charge < -0.3 is 9.84 Å². The molecule has 0 atom stereocenters. The topological polar surface area (TPSA) is 85.8 Å². The average Bonchev–Trinajstić information content (AvgIpc) is 3.35. The van der Waals surface area contributed by atoms with Crippen molar-refractivity contribution in [1.82, 2.24) is 25.2 Å². The van der Waals surface area contributed by atoms with E-state index < -0.39 is 0 Å². The monoisotopic (exact) mass is 419 g/mol. The fourth-order valence-electron chi connectivity index (χ4n) is 3.33. The van der Waals surface area contributed by atoms with Crippen molar-refractivity contribution in [2.24, 2.45) is 0 Å². The van der Waals surface area contributed by atoms with E-state index >= 15 is 0 Å². The van der Waals surface area contributed by atoms with Gasteiger partial charge in [-0.2, -0.15) is 5.10 Å². The van der Waals surface area contributed by atoms with Crippen LogP contribution >= 0.6 is 0 Å². The van der Waals surface area contributed by atoms with Gasteiger partial charge in [0.2, 0.25) is 5.91 Å². The Morgan fingerprint density at radius 1 is 1.13 bits per heavy atom. The molecule has 0 radical (unpaired) electrons. The van der Waals surface area contributed by atoms with Gasteiger partial charge in [-0.1, -0.05) is 17.3 Å². The fraction of sp³-hybridized carbons (Fsp3) is 0.217. The van der Waals surface area contributed by atoms with Gasteiger partial charge in [-0.3, -0.25) is 14.5 Å². The summed E-state index contributed by atoms with van der Waals surface area (Å²) in [5, 5.41) is 11.3. The molecule has 0 saturated heterocycles. The molecule has 4 aromatic rings. The molecule has 7 nitrogen and oxygen atoms in total. The molecule has 31 heavy (non-hydrogen) atoms. The van der Waals surface area contributed by atoms with Gasteiger partial charge in [-0.25, -0.2) is 4.39 Å². The first-order valence-electron chi connectivity index (χ1n) is 9.93. The lowest BCUT2D eigenvalue weighted by atomic mass is 10.1. The Hall–Kier alpha value is -3.81. The van der Waals surface area contributed by atoms with E-state index in [-0.39, 0.29) is 18.1 Å². The molecule has 0 aliphatic carbocycles. The molecule has 0 saturated carbocycles. The number of aromatic nitrogens is 4. The van der Waals surface area contributed by atoms with Crippen molar-refractivity contribution in [2.45, 2.75) is 26.8 Å². The number of nitrogens with zero attached hydrogens (tertiary/aromatic N) is 4. The molecule has 0 fully saturated rings. The molecule has 0 unspecified atom stereocenters. The van der Waals surface area contributed by atoms with Crippen molar-refractivity contribution in [3.8, 4) is 22.6 Å². The molecule has 1 N–H and O–H groups in total. The van der Waals surface area contributed by atoms with Crippen molar-refractivity contribution < 1.29 is 13.7 Å². The van der Waals surface area contributed by atoms with E-state index in [0.717, 1.165) is 28.2 Å². The number of carbonyl (C=O) groups excluding carboxylic acids is 1. The van der Waals surface area contributed by atoms with Crippen LogP contribution in [0.2, 0.25) is 0 Å². The SMILES string of the molecule is Cc1ccc(-c2c(-c3cc(C)no3)cnn2CCNC(=O)Cc2cccc(F)c2)cn1. The predicted molar refractivity (Wildman–Crippen MR) is 114 cm³/mol. The number of hydrogen-bond donors (Lipinski definition) is 1. The molecule has 0 aliphatic heterocycles. The standard InChI is InChI=1S/C23H22FN5O2/c1-15-6-7-18(13-26-15)23-20(21-10-16(2)28-31-21)14-27-29(23)9-8-25-22(30)12-17-4-3-5-19(24)11-17/h3-7,10-11,13-14H,8-9,12H2,1-2H3,(H,25,30). The third-order valence-electron chi connectivity index (χ3n) is 4.82. The van der Waals surface area contributed by atoms with Crippen LogP contribution in [0.25, 0.3) is 22.6 Å². The minimum Gasteiger partial charge on any atom is -0.356 e. The highest BCUT2D eigenvalue weighted by molar-refractivity contribution is 5.79. The summed E-state index contributed by atoms with van der Waals surface area (Å²) in [6.07, 6.45) is 3.63. The molecule has 8 heteroatoms. The van der Waals surface area contributed by atoms with Gasteiger partial charge >= 0.3 is 0 Å². The summed E-state index contributed by atoms with van der Waals surface area (Å²) in [6.45, 7) is 4.61. The van der Waals surface area contributed by atoms with Crippen molar-refractivity contribution >= 4 is 5.91 Å². The summed E-state index contributed by atoms with van der Waals surface area (Å²) in [4.78, 5) is 16.6. The van der Waals surface area contributed by atoms with E-state index in [9.17, 15) is 9.18 Å². The minimum absolute atomic E-state index is 0.119. The Kier molecular flexibility index (Phi) is 5.88. The minimum atomic E-state index is -0.353. The molecular formula is C23H22FN5O2. The van der Waals surface area contributed by atoms with E-state index in [0.29, 0.717) is 24.4 Å². The summed E-state index contributed by atoms with van der Waals surface area (Å²) in [6, 6.07) is 11.8. The van der Waals surface area contributed by atoms with Crippen LogP contribution in [0.1, 0.15) is 17.0 Å². The van der Waals surface area contributed by atoms with Crippen LogP contribution in [0, 0.1) is 19.7 Å². The molecule has 1 amide bonds. The second-order valence-corrected chi connectivity index (χ2v) is 7.31. The Morgan fingerprint density at radius 2 is 2.00 bits per heavy atom. The number of hydrogen-bond acceptors (Lipinski definition) is 5. The van der Waals surface area contributed by atoms with Crippen LogP contribution in [0.4, 0.5) is 4.39 Å². The summed E-state index contributed by atoms with van der Waals surface area (Å²) >= 11 is 0. The number of halogens is 1.